The first-order valence-electron chi connectivity index (χ1n) is 7.52. The van der Waals surface area contributed by atoms with Crippen molar-refractivity contribution in [2.45, 2.75) is 58.8 Å². The van der Waals surface area contributed by atoms with E-state index in [0.717, 1.165) is 23.9 Å². The van der Waals surface area contributed by atoms with Crippen LogP contribution in [-0.4, -0.2) is 16.5 Å². The van der Waals surface area contributed by atoms with Crippen LogP contribution in [-0.2, 0) is 6.42 Å². The molecule has 0 unspecified atom stereocenters. The summed E-state index contributed by atoms with van der Waals surface area (Å²) in [5, 5.41) is 0. The third-order valence-corrected chi connectivity index (χ3v) is 4.45. The Hall–Kier alpha value is -0.960. The predicted octanol–water partition coefficient (Wildman–Crippen LogP) is 3.30. The van der Waals surface area contributed by atoms with Crippen molar-refractivity contribution in [3.05, 3.63) is 23.8 Å². The highest BCUT2D eigenvalue weighted by Gasteiger charge is 2.31. The SMILES string of the molecule is CC(C)(C)C1CCC(c2nccc(CCN)n2)CC1. The van der Waals surface area contributed by atoms with E-state index in [2.05, 4.69) is 30.7 Å². The first-order valence-corrected chi connectivity index (χ1v) is 7.52. The van der Waals surface area contributed by atoms with Crippen LogP contribution in [0.15, 0.2) is 12.3 Å². The van der Waals surface area contributed by atoms with Gasteiger partial charge in [-0.3, -0.25) is 0 Å². The fraction of sp³-hybridized carbons (Fsp3) is 0.750. The molecular formula is C16H27N3. The van der Waals surface area contributed by atoms with E-state index in [4.69, 9.17) is 5.73 Å². The fourth-order valence-electron chi connectivity index (χ4n) is 3.11. The summed E-state index contributed by atoms with van der Waals surface area (Å²) in [6.45, 7) is 7.73. The van der Waals surface area contributed by atoms with Crippen molar-refractivity contribution in [2.75, 3.05) is 6.54 Å². The van der Waals surface area contributed by atoms with E-state index in [9.17, 15) is 0 Å². The zero-order valence-electron chi connectivity index (χ0n) is 12.5. The second kappa shape index (κ2) is 6.00. The maximum Gasteiger partial charge on any atom is 0.131 e. The highest BCUT2D eigenvalue weighted by Crippen LogP contribution is 2.42. The molecule has 2 rings (SSSR count). The largest absolute Gasteiger partial charge is 0.330 e. The normalized spacial score (nSPS) is 24.4. The second-order valence-corrected chi connectivity index (χ2v) is 6.86. The van der Waals surface area contributed by atoms with E-state index >= 15 is 0 Å². The average Bonchev–Trinajstić information content (AvgIpc) is 2.39. The Morgan fingerprint density at radius 1 is 1.21 bits per heavy atom. The van der Waals surface area contributed by atoms with E-state index in [1.807, 2.05) is 12.3 Å². The van der Waals surface area contributed by atoms with Crippen LogP contribution in [0.1, 0.15) is 63.9 Å². The van der Waals surface area contributed by atoms with Crippen LogP contribution in [0.4, 0.5) is 0 Å². The number of nitrogens with two attached hydrogens (primary N) is 1. The minimum absolute atomic E-state index is 0.438. The highest BCUT2D eigenvalue weighted by atomic mass is 14.9. The lowest BCUT2D eigenvalue weighted by atomic mass is 9.69. The van der Waals surface area contributed by atoms with Gasteiger partial charge in [0.25, 0.3) is 0 Å². The van der Waals surface area contributed by atoms with Gasteiger partial charge in [-0.05, 0) is 49.6 Å². The monoisotopic (exact) mass is 261 g/mol. The van der Waals surface area contributed by atoms with E-state index in [1.165, 1.54) is 25.7 Å². The summed E-state index contributed by atoms with van der Waals surface area (Å²) in [4.78, 5) is 9.16. The van der Waals surface area contributed by atoms with Gasteiger partial charge in [-0.25, -0.2) is 9.97 Å². The van der Waals surface area contributed by atoms with E-state index in [1.54, 1.807) is 0 Å². The van der Waals surface area contributed by atoms with Crippen molar-refractivity contribution >= 4 is 0 Å². The molecule has 0 radical (unpaired) electrons. The predicted molar refractivity (Wildman–Crippen MR) is 78.9 cm³/mol. The summed E-state index contributed by atoms with van der Waals surface area (Å²) >= 11 is 0. The molecule has 0 amide bonds. The van der Waals surface area contributed by atoms with E-state index in [-0.39, 0.29) is 0 Å². The Morgan fingerprint density at radius 3 is 2.47 bits per heavy atom. The summed E-state index contributed by atoms with van der Waals surface area (Å²) in [6, 6.07) is 1.98. The molecule has 0 bridgehead atoms. The smallest absolute Gasteiger partial charge is 0.131 e. The molecule has 3 nitrogen and oxygen atoms in total. The van der Waals surface area contributed by atoms with Gasteiger partial charge in [0.1, 0.15) is 5.82 Å². The minimum atomic E-state index is 0.438. The number of hydrogen-bond donors (Lipinski definition) is 1. The molecule has 1 aliphatic rings. The van der Waals surface area contributed by atoms with E-state index in [0.29, 0.717) is 17.9 Å². The molecule has 0 spiro atoms. The molecule has 0 atom stereocenters. The van der Waals surface area contributed by atoms with E-state index < -0.39 is 0 Å². The Labute approximate surface area is 117 Å². The van der Waals surface area contributed by atoms with Crippen LogP contribution >= 0.6 is 0 Å². The van der Waals surface area contributed by atoms with Crippen LogP contribution in [0.2, 0.25) is 0 Å². The van der Waals surface area contributed by atoms with Gasteiger partial charge in [0, 0.05) is 24.2 Å². The van der Waals surface area contributed by atoms with Gasteiger partial charge in [0.05, 0.1) is 0 Å². The molecule has 1 saturated carbocycles. The van der Waals surface area contributed by atoms with Gasteiger partial charge >= 0.3 is 0 Å². The quantitative estimate of drug-likeness (QED) is 0.908. The van der Waals surface area contributed by atoms with Crippen molar-refractivity contribution in [3.8, 4) is 0 Å². The lowest BCUT2D eigenvalue weighted by Crippen LogP contribution is -2.26. The molecule has 1 fully saturated rings. The minimum Gasteiger partial charge on any atom is -0.330 e. The Morgan fingerprint density at radius 2 is 1.89 bits per heavy atom. The van der Waals surface area contributed by atoms with Gasteiger partial charge in [0.2, 0.25) is 0 Å². The zero-order chi connectivity index (χ0) is 13.9. The topological polar surface area (TPSA) is 51.8 Å². The molecule has 1 aromatic rings. The average molecular weight is 261 g/mol. The van der Waals surface area contributed by atoms with Crippen molar-refractivity contribution < 1.29 is 0 Å². The first kappa shape index (κ1) is 14.4. The number of aromatic nitrogens is 2. The van der Waals surface area contributed by atoms with Crippen molar-refractivity contribution in [2.24, 2.45) is 17.1 Å². The summed E-state index contributed by atoms with van der Waals surface area (Å²) in [5.41, 5.74) is 7.12. The maximum absolute atomic E-state index is 5.59. The Kier molecular flexibility index (Phi) is 4.56. The summed E-state index contributed by atoms with van der Waals surface area (Å²) in [7, 11) is 0. The third kappa shape index (κ3) is 3.75. The van der Waals surface area contributed by atoms with Gasteiger partial charge in [-0.2, -0.15) is 0 Å². The highest BCUT2D eigenvalue weighted by molar-refractivity contribution is 5.07. The number of nitrogens with zero attached hydrogens (tertiary/aromatic N) is 2. The summed E-state index contributed by atoms with van der Waals surface area (Å²) < 4.78 is 0. The molecule has 3 heteroatoms. The molecule has 106 valence electrons. The molecule has 1 aliphatic carbocycles. The molecule has 1 aromatic heterocycles. The first-order chi connectivity index (χ1) is 9.00. The maximum atomic E-state index is 5.59. The van der Waals surface area contributed by atoms with Gasteiger partial charge in [-0.1, -0.05) is 20.8 Å². The molecular weight excluding hydrogens is 234 g/mol. The second-order valence-electron chi connectivity index (χ2n) is 6.86. The molecule has 19 heavy (non-hydrogen) atoms. The third-order valence-electron chi connectivity index (χ3n) is 4.45. The molecule has 2 N–H and O–H groups in total. The lowest BCUT2D eigenvalue weighted by molar-refractivity contribution is 0.167. The van der Waals surface area contributed by atoms with Crippen LogP contribution in [0.25, 0.3) is 0 Å². The van der Waals surface area contributed by atoms with Gasteiger partial charge in [-0.15, -0.1) is 0 Å². The molecule has 0 aromatic carbocycles. The Bertz CT molecular complexity index is 401. The van der Waals surface area contributed by atoms with Crippen LogP contribution in [0, 0.1) is 11.3 Å². The van der Waals surface area contributed by atoms with Crippen LogP contribution in [0.3, 0.4) is 0 Å². The van der Waals surface area contributed by atoms with Crippen molar-refractivity contribution in [3.63, 3.8) is 0 Å². The molecule has 0 aliphatic heterocycles. The van der Waals surface area contributed by atoms with Crippen molar-refractivity contribution in [1.29, 1.82) is 0 Å². The van der Waals surface area contributed by atoms with Crippen LogP contribution < -0.4 is 5.73 Å². The van der Waals surface area contributed by atoms with Crippen molar-refractivity contribution in [1.82, 2.24) is 9.97 Å². The number of rotatable bonds is 3. The van der Waals surface area contributed by atoms with Gasteiger partial charge < -0.3 is 5.73 Å². The summed E-state index contributed by atoms with van der Waals surface area (Å²) in [5.74, 6) is 2.44. The van der Waals surface area contributed by atoms with Crippen LogP contribution in [0.5, 0.6) is 0 Å². The lowest BCUT2D eigenvalue weighted by Gasteiger charge is -2.36. The Balaban J connectivity index is 1.99. The standard InChI is InChI=1S/C16H27N3/c1-16(2,3)13-6-4-12(5-7-13)15-18-11-9-14(19-15)8-10-17/h9,11-13H,4-8,10,17H2,1-3H3. The zero-order valence-corrected chi connectivity index (χ0v) is 12.5. The number of hydrogen-bond acceptors (Lipinski definition) is 3. The summed E-state index contributed by atoms with van der Waals surface area (Å²) in [6.07, 6.45) is 7.81. The molecule has 0 saturated heterocycles. The fourth-order valence-corrected chi connectivity index (χ4v) is 3.11. The van der Waals surface area contributed by atoms with Gasteiger partial charge in [0.15, 0.2) is 0 Å². The molecule has 1 heterocycles.